The van der Waals surface area contributed by atoms with E-state index in [9.17, 15) is 4.79 Å². The normalized spacial score (nSPS) is 17.4. The summed E-state index contributed by atoms with van der Waals surface area (Å²) in [7, 11) is 1.67. The van der Waals surface area contributed by atoms with Gasteiger partial charge in [0.05, 0.1) is 0 Å². The number of hydrogen-bond acceptors (Lipinski definition) is 5. The zero-order chi connectivity index (χ0) is 11.5. The first-order valence-electron chi connectivity index (χ1n) is 5.35. The summed E-state index contributed by atoms with van der Waals surface area (Å²) in [6, 6.07) is 0. The second-order valence-corrected chi connectivity index (χ2v) is 3.90. The van der Waals surface area contributed by atoms with E-state index in [1.807, 2.05) is 4.90 Å². The lowest BCUT2D eigenvalue weighted by Crippen LogP contribution is -2.40. The number of carbonyl (C=O) groups is 1. The van der Waals surface area contributed by atoms with Crippen LogP contribution in [0.2, 0.25) is 0 Å². The largest absolute Gasteiger partial charge is 0.368 e. The maximum absolute atomic E-state index is 11.4. The van der Waals surface area contributed by atoms with Crippen molar-refractivity contribution in [3.63, 3.8) is 0 Å². The van der Waals surface area contributed by atoms with Crippen molar-refractivity contribution in [1.29, 1.82) is 0 Å². The third-order valence-corrected chi connectivity index (χ3v) is 2.89. The number of aromatic amines is 1. The summed E-state index contributed by atoms with van der Waals surface area (Å²) < 4.78 is 0. The summed E-state index contributed by atoms with van der Waals surface area (Å²) in [5.74, 6) is 1.17. The first-order chi connectivity index (χ1) is 7.70. The van der Waals surface area contributed by atoms with E-state index in [0.29, 0.717) is 11.9 Å². The van der Waals surface area contributed by atoms with Crippen LogP contribution < -0.4 is 16.0 Å². The van der Waals surface area contributed by atoms with Gasteiger partial charge in [0.2, 0.25) is 17.8 Å². The van der Waals surface area contributed by atoms with Crippen molar-refractivity contribution in [2.45, 2.75) is 12.8 Å². The summed E-state index contributed by atoms with van der Waals surface area (Å²) in [6.45, 7) is 1.57. The van der Waals surface area contributed by atoms with Gasteiger partial charge in [-0.15, -0.1) is 5.10 Å². The van der Waals surface area contributed by atoms with Crippen molar-refractivity contribution in [2.24, 2.45) is 5.92 Å². The molecule has 2 rings (SSSR count). The Morgan fingerprint density at radius 3 is 2.75 bits per heavy atom. The van der Waals surface area contributed by atoms with Crippen molar-refractivity contribution in [3.05, 3.63) is 0 Å². The third kappa shape index (κ3) is 2.07. The zero-order valence-corrected chi connectivity index (χ0v) is 9.23. The van der Waals surface area contributed by atoms with E-state index in [-0.39, 0.29) is 11.8 Å². The minimum Gasteiger partial charge on any atom is -0.368 e. The fraction of sp³-hybridized carbons (Fsp3) is 0.667. The molecule has 7 heteroatoms. The smallest absolute Gasteiger partial charge is 0.246 e. The van der Waals surface area contributed by atoms with E-state index in [2.05, 4.69) is 20.5 Å². The SMILES string of the molecule is CNC(=O)C1CCN(c2n[nH]c(N)n2)CC1. The average molecular weight is 224 g/mol. The highest BCUT2D eigenvalue weighted by Gasteiger charge is 2.25. The highest BCUT2D eigenvalue weighted by atomic mass is 16.1. The highest BCUT2D eigenvalue weighted by Crippen LogP contribution is 2.20. The Kier molecular flexibility index (Phi) is 2.93. The molecule has 0 saturated carbocycles. The molecule has 16 heavy (non-hydrogen) atoms. The molecule has 1 saturated heterocycles. The molecule has 1 fully saturated rings. The Balaban J connectivity index is 1.92. The number of anilines is 2. The Labute approximate surface area is 93.4 Å². The van der Waals surface area contributed by atoms with Crippen molar-refractivity contribution >= 4 is 17.8 Å². The van der Waals surface area contributed by atoms with Crippen LogP contribution in [0.5, 0.6) is 0 Å². The van der Waals surface area contributed by atoms with E-state index in [4.69, 9.17) is 5.73 Å². The molecule has 0 aromatic carbocycles. The van der Waals surface area contributed by atoms with Crippen molar-refractivity contribution < 1.29 is 4.79 Å². The first kappa shape index (κ1) is 10.7. The van der Waals surface area contributed by atoms with E-state index in [0.717, 1.165) is 25.9 Å². The highest BCUT2D eigenvalue weighted by molar-refractivity contribution is 5.78. The molecule has 88 valence electrons. The van der Waals surface area contributed by atoms with Crippen LogP contribution >= 0.6 is 0 Å². The van der Waals surface area contributed by atoms with E-state index < -0.39 is 0 Å². The van der Waals surface area contributed by atoms with E-state index in [1.165, 1.54) is 0 Å². The van der Waals surface area contributed by atoms with Crippen molar-refractivity contribution in [3.8, 4) is 0 Å². The van der Waals surface area contributed by atoms with Gasteiger partial charge in [-0.3, -0.25) is 4.79 Å². The number of rotatable bonds is 2. The molecule has 0 bridgehead atoms. The number of nitrogens with zero attached hydrogens (tertiary/aromatic N) is 3. The number of aromatic nitrogens is 3. The van der Waals surface area contributed by atoms with Crippen LogP contribution in [0.15, 0.2) is 0 Å². The quantitative estimate of drug-likeness (QED) is 0.620. The molecule has 0 aliphatic carbocycles. The first-order valence-corrected chi connectivity index (χ1v) is 5.35. The molecule has 1 aliphatic rings. The maximum atomic E-state index is 11.4. The van der Waals surface area contributed by atoms with E-state index >= 15 is 0 Å². The molecule has 0 unspecified atom stereocenters. The molecule has 0 atom stereocenters. The number of piperidine rings is 1. The molecule has 0 spiro atoms. The molecule has 0 radical (unpaired) electrons. The Hall–Kier alpha value is -1.79. The number of nitrogen functional groups attached to an aromatic ring is 1. The zero-order valence-electron chi connectivity index (χ0n) is 9.23. The molecule has 2 heterocycles. The van der Waals surface area contributed by atoms with Gasteiger partial charge in [0.15, 0.2) is 0 Å². The number of carbonyl (C=O) groups excluding carboxylic acids is 1. The Morgan fingerprint density at radius 1 is 1.56 bits per heavy atom. The third-order valence-electron chi connectivity index (χ3n) is 2.89. The lowest BCUT2D eigenvalue weighted by molar-refractivity contribution is -0.125. The molecule has 1 aliphatic heterocycles. The van der Waals surface area contributed by atoms with Crippen LogP contribution in [-0.4, -0.2) is 41.2 Å². The van der Waals surface area contributed by atoms with Crippen LogP contribution in [0.1, 0.15) is 12.8 Å². The summed E-state index contributed by atoms with van der Waals surface area (Å²) in [5, 5.41) is 9.28. The van der Waals surface area contributed by atoms with Crippen LogP contribution in [0.25, 0.3) is 0 Å². The van der Waals surface area contributed by atoms with Gasteiger partial charge in [0.25, 0.3) is 0 Å². The maximum Gasteiger partial charge on any atom is 0.246 e. The van der Waals surface area contributed by atoms with Crippen LogP contribution in [0.3, 0.4) is 0 Å². The van der Waals surface area contributed by atoms with Crippen molar-refractivity contribution in [1.82, 2.24) is 20.5 Å². The number of hydrogen-bond donors (Lipinski definition) is 3. The number of nitrogens with one attached hydrogen (secondary N) is 2. The summed E-state index contributed by atoms with van der Waals surface area (Å²) in [6.07, 6.45) is 1.65. The fourth-order valence-corrected chi connectivity index (χ4v) is 1.95. The van der Waals surface area contributed by atoms with Gasteiger partial charge in [0, 0.05) is 26.1 Å². The van der Waals surface area contributed by atoms with Gasteiger partial charge in [-0.25, -0.2) is 5.10 Å². The van der Waals surface area contributed by atoms with Gasteiger partial charge in [-0.2, -0.15) is 4.98 Å². The molecule has 1 aromatic heterocycles. The molecule has 7 nitrogen and oxygen atoms in total. The second kappa shape index (κ2) is 4.38. The van der Waals surface area contributed by atoms with Crippen LogP contribution in [0, 0.1) is 5.92 Å². The monoisotopic (exact) mass is 224 g/mol. The number of amides is 1. The lowest BCUT2D eigenvalue weighted by Gasteiger charge is -2.30. The predicted octanol–water partition coefficient (Wildman–Crippen LogP) is -0.651. The predicted molar refractivity (Wildman–Crippen MR) is 59.8 cm³/mol. The molecular weight excluding hydrogens is 208 g/mol. The molecule has 4 N–H and O–H groups in total. The minimum atomic E-state index is 0.109. The molecule has 1 amide bonds. The molecular formula is C9H16N6O. The standard InChI is InChI=1S/C9H16N6O/c1-11-7(16)6-2-4-15(5-3-6)9-12-8(10)13-14-9/h6H,2-5H2,1H3,(H,11,16)(H3,10,12,13,14). The minimum absolute atomic E-state index is 0.109. The fourth-order valence-electron chi connectivity index (χ4n) is 1.95. The van der Waals surface area contributed by atoms with Gasteiger partial charge in [0.1, 0.15) is 0 Å². The summed E-state index contributed by atoms with van der Waals surface area (Å²) >= 11 is 0. The Bertz CT molecular complexity index is 368. The average Bonchev–Trinajstić information content (AvgIpc) is 2.75. The summed E-state index contributed by atoms with van der Waals surface area (Å²) in [5.41, 5.74) is 5.46. The number of nitrogens with two attached hydrogens (primary N) is 1. The summed E-state index contributed by atoms with van der Waals surface area (Å²) in [4.78, 5) is 17.5. The van der Waals surface area contributed by atoms with Gasteiger partial charge >= 0.3 is 0 Å². The van der Waals surface area contributed by atoms with Crippen LogP contribution in [-0.2, 0) is 4.79 Å². The second-order valence-electron chi connectivity index (χ2n) is 3.90. The van der Waals surface area contributed by atoms with Gasteiger partial charge < -0.3 is 16.0 Å². The number of H-pyrrole nitrogens is 1. The molecule has 1 aromatic rings. The van der Waals surface area contributed by atoms with Crippen molar-refractivity contribution in [2.75, 3.05) is 30.8 Å². The van der Waals surface area contributed by atoms with Crippen LogP contribution in [0.4, 0.5) is 11.9 Å². The van der Waals surface area contributed by atoms with Gasteiger partial charge in [-0.1, -0.05) is 0 Å². The Morgan fingerprint density at radius 2 is 2.25 bits per heavy atom. The van der Waals surface area contributed by atoms with Gasteiger partial charge in [-0.05, 0) is 12.8 Å². The lowest BCUT2D eigenvalue weighted by atomic mass is 9.96. The topological polar surface area (TPSA) is 99.9 Å². The van der Waals surface area contributed by atoms with E-state index in [1.54, 1.807) is 7.05 Å².